The zero-order valence-corrected chi connectivity index (χ0v) is 19.2. The number of halogens is 5. The Kier molecular flexibility index (Phi) is 7.24. The average molecular weight is 488 g/mol. The maximum absolute atomic E-state index is 14.6. The first kappa shape index (κ1) is 25.6. The number of nitrogens with one attached hydrogen (secondary N) is 1. The first-order valence-corrected chi connectivity index (χ1v) is 10.8. The summed E-state index contributed by atoms with van der Waals surface area (Å²) in [5.41, 5.74) is -1.86. The van der Waals surface area contributed by atoms with Crippen LogP contribution in [0.5, 0.6) is 0 Å². The molecule has 2 aliphatic heterocycles. The van der Waals surface area contributed by atoms with Crippen LogP contribution in [0.15, 0.2) is 36.4 Å². The topological polar surface area (TPSA) is 49.3 Å². The van der Waals surface area contributed by atoms with Gasteiger partial charge in [-0.15, -0.1) is 12.4 Å². The fourth-order valence-corrected chi connectivity index (χ4v) is 5.99. The molecule has 2 aliphatic rings. The second kappa shape index (κ2) is 9.33. The number of benzene rings is 2. The van der Waals surface area contributed by atoms with Crippen LogP contribution in [-0.2, 0) is 10.4 Å². The molecule has 2 heterocycles. The predicted octanol–water partition coefficient (Wildman–Crippen LogP) is 3.87. The average Bonchev–Trinajstić information content (AvgIpc) is 3.22. The van der Waals surface area contributed by atoms with E-state index >= 15 is 0 Å². The van der Waals surface area contributed by atoms with Gasteiger partial charge in [0.05, 0.1) is 24.6 Å². The third-order valence-electron chi connectivity index (χ3n) is 7.51. The predicted molar refractivity (Wildman–Crippen MR) is 118 cm³/mol. The molecule has 4 atom stereocenters. The highest BCUT2D eigenvalue weighted by Crippen LogP contribution is 2.47. The number of aliphatic hydroxyl groups is 1. The van der Waals surface area contributed by atoms with E-state index in [1.807, 2.05) is 0 Å². The SMILES string of the molecule is C[C@H]1C[N+](C=O)([C@H]2CNCC2c2ccc(F)cc2F)C[C@H](C)C1(O)c1c(F)cccc1F.Cl. The molecule has 0 saturated carbocycles. The van der Waals surface area contributed by atoms with Crippen LogP contribution in [0, 0.1) is 35.1 Å². The van der Waals surface area contributed by atoms with Crippen molar-refractivity contribution in [1.82, 2.24) is 5.32 Å². The van der Waals surface area contributed by atoms with Gasteiger partial charge in [0, 0.05) is 31.0 Å². The summed E-state index contributed by atoms with van der Waals surface area (Å²) in [6.07, 6.45) is 0.802. The number of carbonyl (C=O) groups is 1. The van der Waals surface area contributed by atoms with E-state index in [2.05, 4.69) is 5.32 Å². The molecule has 2 N–H and O–H groups in total. The van der Waals surface area contributed by atoms with Gasteiger partial charge in [0.1, 0.15) is 34.9 Å². The lowest BCUT2D eigenvalue weighted by Crippen LogP contribution is -2.68. The number of hydrogen-bond donors (Lipinski definition) is 2. The van der Waals surface area contributed by atoms with Gasteiger partial charge in [-0.05, 0) is 23.8 Å². The Bertz CT molecular complexity index is 1010. The van der Waals surface area contributed by atoms with Crippen LogP contribution >= 0.6 is 12.4 Å². The normalized spacial score (nSPS) is 34.0. The molecule has 0 aromatic heterocycles. The standard InChI is InChI=1S/C24H27F4N2O2.ClH/c1-14-11-30(13-31,12-15(2)24(14,32)23-19(26)4-3-5-20(23)27)22-10-29-9-18(22)17-7-6-16(25)8-21(17)28;/h3-8,13-15,18,22,29,32H,9-12H2,1-2H3;1H/q+1;/t14-,15-,18?,22-,24?,30?;/m0./s1. The Balaban J connectivity index is 0.00000306. The van der Waals surface area contributed by atoms with Crippen molar-refractivity contribution >= 4 is 18.8 Å². The van der Waals surface area contributed by atoms with Crippen LogP contribution in [0.2, 0.25) is 0 Å². The molecule has 180 valence electrons. The van der Waals surface area contributed by atoms with Crippen molar-refractivity contribution in [3.8, 4) is 0 Å². The summed E-state index contributed by atoms with van der Waals surface area (Å²) in [6, 6.07) is 6.52. The van der Waals surface area contributed by atoms with Crippen molar-refractivity contribution in [1.29, 1.82) is 0 Å². The summed E-state index contributed by atoms with van der Waals surface area (Å²) in [7, 11) is 0. The molecule has 33 heavy (non-hydrogen) atoms. The van der Waals surface area contributed by atoms with Crippen LogP contribution in [-0.4, -0.2) is 48.2 Å². The zero-order valence-electron chi connectivity index (χ0n) is 18.4. The van der Waals surface area contributed by atoms with E-state index in [0.717, 1.165) is 24.6 Å². The van der Waals surface area contributed by atoms with Crippen molar-refractivity contribution in [3.63, 3.8) is 0 Å². The van der Waals surface area contributed by atoms with Crippen molar-refractivity contribution in [2.45, 2.75) is 31.4 Å². The van der Waals surface area contributed by atoms with E-state index in [1.54, 1.807) is 13.8 Å². The van der Waals surface area contributed by atoms with E-state index in [4.69, 9.17) is 0 Å². The number of carbonyl (C=O) groups excluding carboxylic acids is 1. The van der Waals surface area contributed by atoms with Crippen molar-refractivity contribution < 1.29 is 31.9 Å². The van der Waals surface area contributed by atoms with Crippen LogP contribution in [0.3, 0.4) is 0 Å². The zero-order chi connectivity index (χ0) is 23.3. The summed E-state index contributed by atoms with van der Waals surface area (Å²) in [6.45, 7) is 4.44. The largest absolute Gasteiger partial charge is 0.384 e. The molecule has 1 amide bonds. The highest BCUT2D eigenvalue weighted by atomic mass is 35.5. The highest BCUT2D eigenvalue weighted by Gasteiger charge is 2.58. The lowest BCUT2D eigenvalue weighted by Gasteiger charge is -2.53. The molecule has 2 saturated heterocycles. The van der Waals surface area contributed by atoms with Gasteiger partial charge in [0.15, 0.2) is 0 Å². The van der Waals surface area contributed by atoms with Gasteiger partial charge in [-0.2, -0.15) is 0 Å². The molecule has 0 bridgehead atoms. The molecular formula is C24H28ClF4N2O2+. The molecule has 4 nitrogen and oxygen atoms in total. The third-order valence-corrected chi connectivity index (χ3v) is 7.51. The molecule has 0 aliphatic carbocycles. The van der Waals surface area contributed by atoms with Gasteiger partial charge < -0.3 is 10.4 Å². The van der Waals surface area contributed by atoms with E-state index in [1.165, 1.54) is 18.2 Å². The van der Waals surface area contributed by atoms with Gasteiger partial charge in [0.2, 0.25) is 0 Å². The number of nitrogens with zero attached hydrogens (tertiary/aromatic N) is 1. The number of rotatable bonds is 4. The van der Waals surface area contributed by atoms with Crippen LogP contribution in [0.25, 0.3) is 0 Å². The molecule has 2 fully saturated rings. The molecular weight excluding hydrogens is 460 g/mol. The van der Waals surface area contributed by atoms with Crippen molar-refractivity contribution in [2.24, 2.45) is 11.8 Å². The van der Waals surface area contributed by atoms with Crippen LogP contribution < -0.4 is 5.32 Å². The van der Waals surface area contributed by atoms with Crippen molar-refractivity contribution in [3.05, 3.63) is 70.8 Å². The first-order valence-electron chi connectivity index (χ1n) is 10.8. The minimum atomic E-state index is -1.80. The van der Waals surface area contributed by atoms with Gasteiger partial charge in [-0.1, -0.05) is 26.0 Å². The summed E-state index contributed by atoms with van der Waals surface area (Å²) >= 11 is 0. The molecule has 0 spiro atoms. The molecule has 2 aromatic rings. The Morgan fingerprint density at radius 1 is 1.00 bits per heavy atom. The summed E-state index contributed by atoms with van der Waals surface area (Å²) < 4.78 is 57.1. The number of amides is 1. The monoisotopic (exact) mass is 487 g/mol. The Morgan fingerprint density at radius 2 is 1.61 bits per heavy atom. The Morgan fingerprint density at radius 3 is 2.15 bits per heavy atom. The minimum Gasteiger partial charge on any atom is -0.384 e. The molecule has 2 aromatic carbocycles. The Labute approximate surface area is 196 Å². The second-order valence-corrected chi connectivity index (χ2v) is 9.30. The molecule has 1 unspecified atom stereocenters. The second-order valence-electron chi connectivity index (χ2n) is 9.30. The number of hydrogen-bond acceptors (Lipinski definition) is 3. The fraction of sp³-hybridized carbons (Fsp3) is 0.458. The Hall–Kier alpha value is -2.00. The lowest BCUT2D eigenvalue weighted by molar-refractivity contribution is -0.886. The lowest BCUT2D eigenvalue weighted by atomic mass is 9.69. The van der Waals surface area contributed by atoms with E-state index < -0.39 is 46.6 Å². The maximum atomic E-state index is 14.6. The first-order chi connectivity index (χ1) is 15.1. The minimum absolute atomic E-state index is 0. The molecule has 9 heteroatoms. The number of piperidine rings is 1. The van der Waals surface area contributed by atoms with Crippen LogP contribution in [0.1, 0.15) is 30.9 Å². The highest BCUT2D eigenvalue weighted by molar-refractivity contribution is 5.85. The molecule has 4 rings (SSSR count). The summed E-state index contributed by atoms with van der Waals surface area (Å²) in [5, 5.41) is 14.7. The number of likely N-dealkylation sites (tertiary alicyclic amines) is 1. The van der Waals surface area contributed by atoms with Crippen LogP contribution in [0.4, 0.5) is 17.6 Å². The molecule has 0 radical (unpaired) electrons. The fourth-order valence-electron chi connectivity index (χ4n) is 5.99. The van der Waals surface area contributed by atoms with Gasteiger partial charge >= 0.3 is 6.41 Å². The van der Waals surface area contributed by atoms with Gasteiger partial charge in [0.25, 0.3) is 0 Å². The van der Waals surface area contributed by atoms with E-state index in [0.29, 0.717) is 18.7 Å². The van der Waals surface area contributed by atoms with Gasteiger partial charge in [-0.3, -0.25) is 4.48 Å². The third kappa shape index (κ3) is 4.07. The van der Waals surface area contributed by atoms with E-state index in [9.17, 15) is 27.5 Å². The summed E-state index contributed by atoms with van der Waals surface area (Å²) in [4.78, 5) is 12.5. The van der Waals surface area contributed by atoms with Crippen molar-refractivity contribution in [2.75, 3.05) is 26.2 Å². The number of quaternary nitrogens is 1. The van der Waals surface area contributed by atoms with Gasteiger partial charge in [-0.25, -0.2) is 22.4 Å². The smallest absolute Gasteiger partial charge is 0.301 e. The van der Waals surface area contributed by atoms with E-state index in [-0.39, 0.29) is 41.6 Å². The quantitative estimate of drug-likeness (QED) is 0.391. The summed E-state index contributed by atoms with van der Waals surface area (Å²) in [5.74, 6) is -4.72. The maximum Gasteiger partial charge on any atom is 0.301 e.